The van der Waals surface area contributed by atoms with E-state index in [0.717, 1.165) is 0 Å². The van der Waals surface area contributed by atoms with Crippen molar-refractivity contribution in [3.63, 3.8) is 0 Å². The molecule has 1 aromatic rings. The van der Waals surface area contributed by atoms with Gasteiger partial charge < -0.3 is 4.74 Å². The highest BCUT2D eigenvalue weighted by atomic mass is 16.6. The number of Topliss-reactive ketones (excluding diaryl/α,β-unsaturated/α-hetero) is 1. The molecule has 0 bridgehead atoms. The Kier molecular flexibility index (Phi) is 5.17. The molecule has 102 valence electrons. The summed E-state index contributed by atoms with van der Waals surface area (Å²) >= 11 is 0. The van der Waals surface area contributed by atoms with Gasteiger partial charge in [-0.25, -0.2) is 0 Å². The third kappa shape index (κ3) is 4.50. The highest BCUT2D eigenvalue weighted by Crippen LogP contribution is 2.23. The number of hydrogen-bond acceptors (Lipinski definition) is 5. The van der Waals surface area contributed by atoms with Crippen LogP contribution in [0.5, 0.6) is 0 Å². The fourth-order valence-electron chi connectivity index (χ4n) is 1.86. The Morgan fingerprint density at radius 1 is 1.26 bits per heavy atom. The number of nitrogens with zero attached hydrogens (tertiary/aromatic N) is 1. The molecule has 0 aromatic heterocycles. The lowest BCUT2D eigenvalue weighted by molar-refractivity contribution is -0.484. The van der Waals surface area contributed by atoms with Crippen molar-refractivity contribution in [2.45, 2.75) is 25.9 Å². The summed E-state index contributed by atoms with van der Waals surface area (Å²) in [6.45, 7) is 1.95. The Morgan fingerprint density at radius 3 is 2.26 bits per heavy atom. The number of hydrogen-bond donors (Lipinski definition) is 0. The van der Waals surface area contributed by atoms with Crippen molar-refractivity contribution in [1.82, 2.24) is 0 Å². The first kappa shape index (κ1) is 14.8. The van der Waals surface area contributed by atoms with Crippen molar-refractivity contribution in [3.05, 3.63) is 46.0 Å². The van der Waals surface area contributed by atoms with E-state index in [2.05, 4.69) is 0 Å². The Labute approximate surface area is 110 Å². The van der Waals surface area contributed by atoms with Gasteiger partial charge in [0.05, 0.1) is 5.92 Å². The van der Waals surface area contributed by atoms with Crippen molar-refractivity contribution in [2.75, 3.05) is 6.54 Å². The van der Waals surface area contributed by atoms with E-state index in [4.69, 9.17) is 4.74 Å². The van der Waals surface area contributed by atoms with Crippen LogP contribution < -0.4 is 0 Å². The molecule has 0 saturated heterocycles. The zero-order valence-electron chi connectivity index (χ0n) is 10.7. The smallest absolute Gasteiger partial charge is 0.303 e. The topological polar surface area (TPSA) is 86.5 Å². The molecular formula is C13H15NO5. The first-order valence-corrected chi connectivity index (χ1v) is 5.76. The highest BCUT2D eigenvalue weighted by Gasteiger charge is 2.33. The Morgan fingerprint density at radius 2 is 1.84 bits per heavy atom. The van der Waals surface area contributed by atoms with Crippen LogP contribution >= 0.6 is 0 Å². The first-order valence-electron chi connectivity index (χ1n) is 5.76. The van der Waals surface area contributed by atoms with Crippen LogP contribution in [0, 0.1) is 10.1 Å². The van der Waals surface area contributed by atoms with Gasteiger partial charge in [-0.2, -0.15) is 0 Å². The van der Waals surface area contributed by atoms with E-state index < -0.39 is 35.2 Å². The van der Waals surface area contributed by atoms with E-state index >= 15 is 0 Å². The summed E-state index contributed by atoms with van der Waals surface area (Å²) < 4.78 is 4.94. The number of rotatable bonds is 6. The molecule has 0 heterocycles. The molecule has 0 aliphatic heterocycles. The number of esters is 1. The van der Waals surface area contributed by atoms with E-state index in [9.17, 15) is 19.7 Å². The SMILES string of the molecule is CC(=O)OC(C(C)=O)[C@H](C[N+](=O)[O-])c1ccccc1. The lowest BCUT2D eigenvalue weighted by Crippen LogP contribution is -2.35. The van der Waals surface area contributed by atoms with Crippen LogP contribution in [0.4, 0.5) is 0 Å². The first-order chi connectivity index (χ1) is 8.91. The zero-order valence-corrected chi connectivity index (χ0v) is 10.7. The van der Waals surface area contributed by atoms with Gasteiger partial charge >= 0.3 is 5.97 Å². The Bertz CT molecular complexity index is 471. The molecule has 1 unspecified atom stereocenters. The standard InChI is InChI=1S/C13H15NO5/c1-9(15)13(19-10(2)16)12(8-14(17)18)11-6-4-3-5-7-11/h3-7,12-13H,8H2,1-2H3/t12-,13?/m1/s1. The second-order valence-electron chi connectivity index (χ2n) is 4.17. The number of carbonyl (C=O) groups excluding carboxylic acids is 2. The maximum absolute atomic E-state index is 11.6. The molecule has 0 radical (unpaired) electrons. The van der Waals surface area contributed by atoms with Crippen molar-refractivity contribution in [3.8, 4) is 0 Å². The van der Waals surface area contributed by atoms with Crippen LogP contribution in [-0.2, 0) is 14.3 Å². The fourth-order valence-corrected chi connectivity index (χ4v) is 1.86. The molecule has 1 rings (SSSR count). The van der Waals surface area contributed by atoms with Crippen LogP contribution in [0.15, 0.2) is 30.3 Å². The van der Waals surface area contributed by atoms with Gasteiger partial charge in [-0.05, 0) is 12.5 Å². The largest absolute Gasteiger partial charge is 0.454 e. The molecule has 0 amide bonds. The molecule has 19 heavy (non-hydrogen) atoms. The minimum absolute atomic E-state index is 0.411. The third-order valence-electron chi connectivity index (χ3n) is 2.63. The lowest BCUT2D eigenvalue weighted by Gasteiger charge is -2.22. The van der Waals surface area contributed by atoms with Gasteiger partial charge in [0.15, 0.2) is 11.9 Å². The minimum atomic E-state index is -1.13. The molecule has 0 fully saturated rings. The predicted octanol–water partition coefficient (Wildman–Crippen LogP) is 1.57. The molecule has 0 spiro atoms. The van der Waals surface area contributed by atoms with Crippen molar-refractivity contribution >= 4 is 11.8 Å². The lowest BCUT2D eigenvalue weighted by atomic mass is 9.91. The summed E-state index contributed by atoms with van der Waals surface area (Å²) in [6.07, 6.45) is -1.13. The van der Waals surface area contributed by atoms with Crippen LogP contribution in [0.1, 0.15) is 25.3 Å². The van der Waals surface area contributed by atoms with Gasteiger partial charge in [0, 0.05) is 11.8 Å². The molecule has 6 nitrogen and oxygen atoms in total. The average Bonchev–Trinajstić information content (AvgIpc) is 2.33. The summed E-state index contributed by atoms with van der Waals surface area (Å²) in [6, 6.07) is 8.54. The summed E-state index contributed by atoms with van der Waals surface area (Å²) in [5.74, 6) is -1.83. The minimum Gasteiger partial charge on any atom is -0.454 e. The van der Waals surface area contributed by atoms with E-state index in [1.165, 1.54) is 13.8 Å². The van der Waals surface area contributed by atoms with E-state index in [1.807, 2.05) is 0 Å². The molecule has 0 saturated carbocycles. The quantitative estimate of drug-likeness (QED) is 0.442. The van der Waals surface area contributed by atoms with E-state index in [0.29, 0.717) is 5.56 Å². The predicted molar refractivity (Wildman–Crippen MR) is 67.3 cm³/mol. The summed E-state index contributed by atoms with van der Waals surface area (Å²) in [5.41, 5.74) is 0.598. The zero-order chi connectivity index (χ0) is 14.4. The summed E-state index contributed by atoms with van der Waals surface area (Å²) in [4.78, 5) is 32.8. The number of ether oxygens (including phenoxy) is 1. The fraction of sp³-hybridized carbons (Fsp3) is 0.385. The van der Waals surface area contributed by atoms with Crippen LogP contribution in [0.3, 0.4) is 0 Å². The normalized spacial score (nSPS) is 13.4. The van der Waals surface area contributed by atoms with E-state index in [1.54, 1.807) is 30.3 Å². The molecule has 2 atom stereocenters. The van der Waals surface area contributed by atoms with Crippen LogP contribution in [-0.4, -0.2) is 29.3 Å². The third-order valence-corrected chi connectivity index (χ3v) is 2.63. The summed E-state index contributed by atoms with van der Waals surface area (Å²) in [5, 5.41) is 10.7. The number of nitro groups is 1. The van der Waals surface area contributed by atoms with E-state index in [-0.39, 0.29) is 0 Å². The van der Waals surface area contributed by atoms with Gasteiger partial charge in [-0.15, -0.1) is 0 Å². The van der Waals surface area contributed by atoms with Gasteiger partial charge in [-0.1, -0.05) is 30.3 Å². The van der Waals surface area contributed by atoms with Crippen LogP contribution in [0.25, 0.3) is 0 Å². The maximum Gasteiger partial charge on any atom is 0.303 e. The average molecular weight is 265 g/mol. The molecule has 0 aliphatic rings. The Balaban J connectivity index is 3.09. The molecule has 6 heteroatoms. The number of ketones is 1. The van der Waals surface area contributed by atoms with Gasteiger partial charge in [-0.3, -0.25) is 19.7 Å². The van der Waals surface area contributed by atoms with Gasteiger partial charge in [0.25, 0.3) is 0 Å². The molecule has 1 aromatic carbocycles. The molecule has 0 N–H and O–H groups in total. The van der Waals surface area contributed by atoms with Gasteiger partial charge in [0.1, 0.15) is 0 Å². The number of benzene rings is 1. The van der Waals surface area contributed by atoms with Crippen molar-refractivity contribution in [2.24, 2.45) is 0 Å². The second-order valence-corrected chi connectivity index (χ2v) is 4.17. The monoisotopic (exact) mass is 265 g/mol. The molecule has 0 aliphatic carbocycles. The maximum atomic E-state index is 11.6. The number of carbonyl (C=O) groups is 2. The van der Waals surface area contributed by atoms with Crippen molar-refractivity contribution < 1.29 is 19.2 Å². The second kappa shape index (κ2) is 6.63. The van der Waals surface area contributed by atoms with Crippen LogP contribution in [0.2, 0.25) is 0 Å². The van der Waals surface area contributed by atoms with Crippen molar-refractivity contribution in [1.29, 1.82) is 0 Å². The highest BCUT2D eigenvalue weighted by molar-refractivity contribution is 5.84. The van der Waals surface area contributed by atoms with Gasteiger partial charge in [0.2, 0.25) is 6.54 Å². The molecular weight excluding hydrogens is 250 g/mol. The Hall–Kier alpha value is -2.24. The summed E-state index contributed by atoms with van der Waals surface area (Å²) in [7, 11) is 0.